The van der Waals surface area contributed by atoms with Gasteiger partial charge in [-0.15, -0.1) is 0 Å². The van der Waals surface area contributed by atoms with Gasteiger partial charge in [0.15, 0.2) is 0 Å². The lowest BCUT2D eigenvalue weighted by Gasteiger charge is -2.07. The molecule has 0 aliphatic rings. The fraction of sp³-hybridized carbons (Fsp3) is 0.278. The largest absolute Gasteiger partial charge is 0.466 e. The summed E-state index contributed by atoms with van der Waals surface area (Å²) in [5.41, 5.74) is -0.150. The van der Waals surface area contributed by atoms with Crippen LogP contribution < -0.4 is 11.0 Å². The summed E-state index contributed by atoms with van der Waals surface area (Å²) in [6.45, 7) is 1.97. The van der Waals surface area contributed by atoms with Crippen LogP contribution >= 0.6 is 0 Å². The number of esters is 1. The number of carbonyl (C=O) groups excluding carboxylic acids is 3. The number of aryl methyl sites for hydroxylation is 1. The summed E-state index contributed by atoms with van der Waals surface area (Å²) >= 11 is 0. The van der Waals surface area contributed by atoms with Gasteiger partial charge in [-0.3, -0.25) is 19.0 Å². The minimum Gasteiger partial charge on any atom is -0.466 e. The van der Waals surface area contributed by atoms with Gasteiger partial charge in [-0.05, 0) is 25.1 Å². The second kappa shape index (κ2) is 9.26. The topological polar surface area (TPSA) is 107 Å². The van der Waals surface area contributed by atoms with Gasteiger partial charge in [0, 0.05) is 24.7 Å². The van der Waals surface area contributed by atoms with Crippen molar-refractivity contribution in [2.75, 3.05) is 11.9 Å². The summed E-state index contributed by atoms with van der Waals surface area (Å²) in [4.78, 5) is 50.7. The number of aromatic nitrogens is 2. The molecule has 1 N–H and O–H groups in total. The van der Waals surface area contributed by atoms with Crippen molar-refractivity contribution < 1.29 is 19.1 Å². The van der Waals surface area contributed by atoms with Gasteiger partial charge in [0.25, 0.3) is 5.91 Å². The average molecular weight is 357 g/mol. The van der Waals surface area contributed by atoms with Crippen molar-refractivity contribution >= 4 is 23.5 Å². The Kier molecular flexibility index (Phi) is 6.78. The number of rotatable bonds is 8. The molecule has 26 heavy (non-hydrogen) atoms. The molecule has 1 aromatic heterocycles. The Hall–Kier alpha value is -3.29. The van der Waals surface area contributed by atoms with Crippen molar-refractivity contribution in [2.24, 2.45) is 0 Å². The van der Waals surface area contributed by atoms with Crippen molar-refractivity contribution in [1.82, 2.24) is 9.55 Å². The maximum absolute atomic E-state index is 12.0. The quantitative estimate of drug-likeness (QED) is 0.565. The van der Waals surface area contributed by atoms with Gasteiger partial charge >= 0.3 is 11.7 Å². The van der Waals surface area contributed by atoms with E-state index in [1.54, 1.807) is 37.3 Å². The predicted octanol–water partition coefficient (Wildman–Crippen LogP) is 1.41. The molecule has 1 heterocycles. The van der Waals surface area contributed by atoms with Crippen LogP contribution in [0.15, 0.2) is 47.4 Å². The molecule has 0 atom stereocenters. The van der Waals surface area contributed by atoms with E-state index in [4.69, 9.17) is 4.74 Å². The van der Waals surface area contributed by atoms with Gasteiger partial charge < -0.3 is 10.1 Å². The molecule has 0 fully saturated rings. The van der Waals surface area contributed by atoms with Gasteiger partial charge in [0.2, 0.25) is 0 Å². The Morgan fingerprint density at radius 2 is 1.88 bits per heavy atom. The van der Waals surface area contributed by atoms with Crippen molar-refractivity contribution in [3.63, 3.8) is 0 Å². The monoisotopic (exact) mass is 357 g/mol. The number of Topliss-reactive ketones (excluding diaryl/α,β-unsaturated/α-hetero) is 1. The number of hydrogen-bond donors (Lipinski definition) is 1. The SMILES string of the molecule is CCOC(=O)CC(=O)CCn1ccc(NC(=O)c2ccccc2)nc1=O. The average Bonchev–Trinajstić information content (AvgIpc) is 2.62. The van der Waals surface area contributed by atoms with Crippen molar-refractivity contribution in [3.8, 4) is 0 Å². The van der Waals surface area contributed by atoms with Crippen molar-refractivity contribution in [3.05, 3.63) is 58.6 Å². The highest BCUT2D eigenvalue weighted by Gasteiger charge is 2.11. The molecule has 136 valence electrons. The summed E-state index contributed by atoms with van der Waals surface area (Å²) in [5.74, 6) is -1.16. The number of nitrogens with zero attached hydrogens (tertiary/aromatic N) is 2. The third kappa shape index (κ3) is 5.66. The van der Waals surface area contributed by atoms with Crippen LogP contribution in [0, 0.1) is 0 Å². The number of benzene rings is 1. The lowest BCUT2D eigenvalue weighted by molar-refractivity contribution is -0.145. The van der Waals surface area contributed by atoms with E-state index in [1.165, 1.54) is 16.8 Å². The van der Waals surface area contributed by atoms with Gasteiger partial charge in [0.05, 0.1) is 6.61 Å². The summed E-state index contributed by atoms with van der Waals surface area (Å²) in [6.07, 6.45) is 1.13. The van der Waals surface area contributed by atoms with E-state index in [0.29, 0.717) is 5.56 Å². The first-order chi connectivity index (χ1) is 12.5. The van der Waals surface area contributed by atoms with Gasteiger partial charge in [0.1, 0.15) is 18.0 Å². The number of amides is 1. The second-order valence-electron chi connectivity index (χ2n) is 5.38. The van der Waals surface area contributed by atoms with Gasteiger partial charge in [-0.1, -0.05) is 18.2 Å². The third-order valence-electron chi connectivity index (χ3n) is 3.43. The normalized spacial score (nSPS) is 10.2. The van der Waals surface area contributed by atoms with Crippen molar-refractivity contribution in [1.29, 1.82) is 0 Å². The fourth-order valence-corrected chi connectivity index (χ4v) is 2.15. The number of carbonyl (C=O) groups is 3. The Bertz CT molecular complexity index is 845. The highest BCUT2D eigenvalue weighted by Crippen LogP contribution is 2.05. The van der Waals surface area contributed by atoms with Crippen LogP contribution in [0.3, 0.4) is 0 Å². The van der Waals surface area contributed by atoms with E-state index < -0.39 is 11.7 Å². The zero-order chi connectivity index (χ0) is 18.9. The smallest absolute Gasteiger partial charge is 0.349 e. The number of nitrogens with one attached hydrogen (secondary N) is 1. The summed E-state index contributed by atoms with van der Waals surface area (Å²) in [5, 5.41) is 2.54. The van der Waals surface area contributed by atoms with Gasteiger partial charge in [-0.2, -0.15) is 4.98 Å². The van der Waals surface area contributed by atoms with Gasteiger partial charge in [-0.25, -0.2) is 4.79 Å². The molecule has 0 unspecified atom stereocenters. The molecule has 0 aliphatic heterocycles. The lowest BCUT2D eigenvalue weighted by atomic mass is 10.2. The first kappa shape index (κ1) is 19.0. The van der Waals surface area contributed by atoms with Crippen LogP contribution in [-0.4, -0.2) is 33.8 Å². The molecule has 0 spiro atoms. The number of ketones is 1. The van der Waals surface area contributed by atoms with Crippen molar-refractivity contribution in [2.45, 2.75) is 26.3 Å². The fourth-order valence-electron chi connectivity index (χ4n) is 2.15. The second-order valence-corrected chi connectivity index (χ2v) is 5.38. The zero-order valence-corrected chi connectivity index (χ0v) is 14.3. The highest BCUT2D eigenvalue weighted by molar-refractivity contribution is 6.03. The molecule has 0 bridgehead atoms. The lowest BCUT2D eigenvalue weighted by Crippen LogP contribution is -2.26. The van der Waals surface area contributed by atoms with Crippen LogP contribution in [-0.2, 0) is 20.9 Å². The number of hydrogen-bond acceptors (Lipinski definition) is 6. The molecule has 0 aliphatic carbocycles. The number of anilines is 1. The van der Waals surface area contributed by atoms with Crippen LogP contribution in [0.1, 0.15) is 30.1 Å². The minimum absolute atomic E-state index is 0.0100. The van der Waals surface area contributed by atoms with Crippen LogP contribution in [0.5, 0.6) is 0 Å². The molecule has 2 rings (SSSR count). The molecule has 1 aromatic carbocycles. The van der Waals surface area contributed by atoms with E-state index >= 15 is 0 Å². The minimum atomic E-state index is -0.597. The highest BCUT2D eigenvalue weighted by atomic mass is 16.5. The van der Waals surface area contributed by atoms with E-state index in [9.17, 15) is 19.2 Å². The van der Waals surface area contributed by atoms with E-state index in [-0.39, 0.29) is 43.5 Å². The molecule has 8 nitrogen and oxygen atoms in total. The van der Waals surface area contributed by atoms with Crippen LogP contribution in [0.25, 0.3) is 0 Å². The molecule has 0 radical (unpaired) electrons. The Morgan fingerprint density at radius 1 is 1.15 bits per heavy atom. The standard InChI is InChI=1S/C18H19N3O5/c1-2-26-16(23)12-14(22)8-10-21-11-9-15(20-18(21)25)19-17(24)13-6-4-3-5-7-13/h3-7,9,11H,2,8,10,12H2,1H3,(H,19,20,24,25). The first-order valence-electron chi connectivity index (χ1n) is 8.11. The third-order valence-corrected chi connectivity index (χ3v) is 3.43. The zero-order valence-electron chi connectivity index (χ0n) is 14.3. The molecule has 0 saturated heterocycles. The Morgan fingerprint density at radius 3 is 2.54 bits per heavy atom. The first-order valence-corrected chi connectivity index (χ1v) is 8.11. The van der Waals surface area contributed by atoms with E-state index in [0.717, 1.165) is 0 Å². The Balaban J connectivity index is 1.93. The molecule has 1 amide bonds. The summed E-state index contributed by atoms with van der Waals surface area (Å²) in [7, 11) is 0. The molecular weight excluding hydrogens is 338 g/mol. The Labute approximate surface area is 149 Å². The maximum Gasteiger partial charge on any atom is 0.349 e. The molecule has 2 aromatic rings. The van der Waals surface area contributed by atoms with E-state index in [1.807, 2.05) is 0 Å². The number of ether oxygens (including phenoxy) is 1. The molecular formula is C18H19N3O5. The maximum atomic E-state index is 12.0. The van der Waals surface area contributed by atoms with Crippen LogP contribution in [0.2, 0.25) is 0 Å². The van der Waals surface area contributed by atoms with E-state index in [2.05, 4.69) is 10.3 Å². The predicted molar refractivity (Wildman–Crippen MR) is 93.8 cm³/mol. The summed E-state index contributed by atoms with van der Waals surface area (Å²) < 4.78 is 5.93. The molecule has 0 saturated carbocycles. The molecule has 8 heteroatoms. The summed E-state index contributed by atoms with van der Waals surface area (Å²) in [6, 6.07) is 10.0. The van der Waals surface area contributed by atoms with Crippen LogP contribution in [0.4, 0.5) is 5.82 Å².